The van der Waals surface area contributed by atoms with Crippen LogP contribution in [0.25, 0.3) is 0 Å². The molecule has 0 spiro atoms. The van der Waals surface area contributed by atoms with Gasteiger partial charge in [0.05, 0.1) is 0 Å². The first-order valence-corrected chi connectivity index (χ1v) is 23.8. The smallest absolute Gasteiger partial charge is 0.220 e. The molecule has 0 saturated heterocycles. The van der Waals surface area contributed by atoms with Gasteiger partial charge in [-0.05, 0) is 58.0 Å². The van der Waals surface area contributed by atoms with Crippen molar-refractivity contribution in [3.05, 3.63) is 11.6 Å². The Morgan fingerprint density at radius 1 is 0.392 bits per heavy atom. The van der Waals surface area contributed by atoms with Crippen LogP contribution < -0.4 is 5.32 Å². The third kappa shape index (κ3) is 40.2. The van der Waals surface area contributed by atoms with Gasteiger partial charge in [-0.1, -0.05) is 226 Å². The Balaban J connectivity index is 4.68. The molecule has 0 atom stereocenters. The highest BCUT2D eigenvalue weighted by atomic mass is 16.1. The summed E-state index contributed by atoms with van der Waals surface area (Å²) in [5.74, 6) is 0.267. The molecule has 0 aromatic carbocycles. The lowest BCUT2D eigenvalue weighted by molar-refractivity contribution is -0.121. The maximum Gasteiger partial charge on any atom is 0.220 e. The standard InChI is InChI=1S/C48H96N2O/c1-5-9-13-17-21-23-24-25-26-28-32-36-43-49-48(51)41-40-47(39-35-31-27-22-18-14-10-6-2)42-46-50(44-37-33-29-19-15-11-7-3)45-38-34-30-20-16-12-8-4/h39H,5-38,40-46H2,1-4H3,(H,49,51)/b47-39-. The number of amides is 1. The first kappa shape index (κ1) is 50.2. The lowest BCUT2D eigenvalue weighted by Crippen LogP contribution is -2.28. The van der Waals surface area contributed by atoms with Gasteiger partial charge in [0.15, 0.2) is 0 Å². The molecule has 3 nitrogen and oxygen atoms in total. The number of unbranched alkanes of at least 4 members (excludes halogenated alkanes) is 30. The number of rotatable bonds is 43. The quantitative estimate of drug-likeness (QED) is 0.0503. The van der Waals surface area contributed by atoms with E-state index in [9.17, 15) is 4.79 Å². The lowest BCUT2D eigenvalue weighted by atomic mass is 10.0. The molecule has 51 heavy (non-hydrogen) atoms. The Hall–Kier alpha value is -0.830. The number of nitrogens with zero attached hydrogens (tertiary/aromatic N) is 1. The molecular formula is C48H96N2O. The molecule has 0 aliphatic carbocycles. The molecule has 3 heteroatoms. The van der Waals surface area contributed by atoms with E-state index in [-0.39, 0.29) is 5.91 Å². The molecule has 0 rings (SSSR count). The van der Waals surface area contributed by atoms with Crippen LogP contribution in [-0.4, -0.2) is 37.0 Å². The Kier molecular flexibility index (Phi) is 42.9. The molecule has 0 fully saturated rings. The third-order valence-electron chi connectivity index (χ3n) is 11.2. The highest BCUT2D eigenvalue weighted by molar-refractivity contribution is 5.76. The molecular weight excluding hydrogens is 621 g/mol. The monoisotopic (exact) mass is 717 g/mol. The Bertz CT molecular complexity index is 685. The molecule has 0 aromatic rings. The van der Waals surface area contributed by atoms with Crippen LogP contribution in [-0.2, 0) is 4.79 Å². The second-order valence-electron chi connectivity index (χ2n) is 16.3. The summed E-state index contributed by atoms with van der Waals surface area (Å²) in [7, 11) is 0. The molecule has 0 bridgehead atoms. The van der Waals surface area contributed by atoms with Crippen molar-refractivity contribution in [2.45, 2.75) is 265 Å². The van der Waals surface area contributed by atoms with E-state index in [1.165, 1.54) is 232 Å². The van der Waals surface area contributed by atoms with E-state index < -0.39 is 0 Å². The molecule has 304 valence electrons. The van der Waals surface area contributed by atoms with Crippen LogP contribution in [0.3, 0.4) is 0 Å². The number of hydrogen-bond acceptors (Lipinski definition) is 2. The molecule has 0 aliphatic heterocycles. The van der Waals surface area contributed by atoms with Crippen molar-refractivity contribution in [1.29, 1.82) is 0 Å². The van der Waals surface area contributed by atoms with Gasteiger partial charge in [0.25, 0.3) is 0 Å². The van der Waals surface area contributed by atoms with Crippen LogP contribution in [0.1, 0.15) is 265 Å². The van der Waals surface area contributed by atoms with E-state index in [4.69, 9.17) is 0 Å². The maximum atomic E-state index is 12.9. The summed E-state index contributed by atoms with van der Waals surface area (Å²) >= 11 is 0. The zero-order chi connectivity index (χ0) is 37.1. The largest absolute Gasteiger partial charge is 0.356 e. The van der Waals surface area contributed by atoms with Crippen molar-refractivity contribution in [3.8, 4) is 0 Å². The van der Waals surface area contributed by atoms with E-state index in [2.05, 4.69) is 44.0 Å². The van der Waals surface area contributed by atoms with Crippen molar-refractivity contribution in [2.24, 2.45) is 0 Å². The van der Waals surface area contributed by atoms with Gasteiger partial charge in [0.1, 0.15) is 0 Å². The SMILES string of the molecule is CCCCCCCCC/C=C(/CCC(=O)NCCCCCCCCCCCCCC)CCN(CCCCCCCCC)CCCCCCCCC. The molecule has 0 heterocycles. The zero-order valence-electron chi connectivity index (χ0n) is 35.9. The second kappa shape index (κ2) is 43.6. The number of carbonyl (C=O) groups excluding carboxylic acids is 1. The fraction of sp³-hybridized carbons (Fsp3) is 0.938. The first-order valence-electron chi connectivity index (χ1n) is 23.8. The van der Waals surface area contributed by atoms with Gasteiger partial charge in [-0.15, -0.1) is 0 Å². The second-order valence-corrected chi connectivity index (χ2v) is 16.3. The van der Waals surface area contributed by atoms with Crippen molar-refractivity contribution >= 4 is 5.91 Å². The molecule has 0 radical (unpaired) electrons. The first-order chi connectivity index (χ1) is 25.2. The highest BCUT2D eigenvalue weighted by Gasteiger charge is 2.09. The van der Waals surface area contributed by atoms with Gasteiger partial charge >= 0.3 is 0 Å². The number of allylic oxidation sites excluding steroid dienone is 1. The molecule has 1 N–H and O–H groups in total. The van der Waals surface area contributed by atoms with Crippen molar-refractivity contribution in [3.63, 3.8) is 0 Å². The average molecular weight is 717 g/mol. The van der Waals surface area contributed by atoms with E-state index in [1.807, 2.05) is 0 Å². The van der Waals surface area contributed by atoms with Gasteiger partial charge in [0.2, 0.25) is 5.91 Å². The van der Waals surface area contributed by atoms with Crippen LogP contribution in [0.15, 0.2) is 11.6 Å². The number of hydrogen-bond donors (Lipinski definition) is 1. The maximum absolute atomic E-state index is 12.9. The van der Waals surface area contributed by atoms with E-state index in [0.29, 0.717) is 6.42 Å². The van der Waals surface area contributed by atoms with Gasteiger partial charge in [0, 0.05) is 19.5 Å². The van der Waals surface area contributed by atoms with Crippen molar-refractivity contribution in [2.75, 3.05) is 26.2 Å². The summed E-state index contributed by atoms with van der Waals surface area (Å²) in [5.41, 5.74) is 1.55. The molecule has 1 amide bonds. The summed E-state index contributed by atoms with van der Waals surface area (Å²) in [4.78, 5) is 15.7. The number of carbonyl (C=O) groups is 1. The van der Waals surface area contributed by atoms with Crippen LogP contribution in [0, 0.1) is 0 Å². The minimum absolute atomic E-state index is 0.267. The van der Waals surface area contributed by atoms with Crippen LogP contribution in [0.5, 0.6) is 0 Å². The minimum atomic E-state index is 0.267. The summed E-state index contributed by atoms with van der Waals surface area (Å²) in [6.45, 7) is 13.8. The molecule has 0 aliphatic rings. The van der Waals surface area contributed by atoms with Crippen molar-refractivity contribution in [1.82, 2.24) is 10.2 Å². The van der Waals surface area contributed by atoms with E-state index >= 15 is 0 Å². The van der Waals surface area contributed by atoms with Gasteiger partial charge in [-0.3, -0.25) is 4.79 Å². The Morgan fingerprint density at radius 2 is 0.745 bits per heavy atom. The van der Waals surface area contributed by atoms with Gasteiger partial charge < -0.3 is 10.2 Å². The molecule has 0 saturated carbocycles. The summed E-state index contributed by atoms with van der Waals surface area (Å²) < 4.78 is 0. The van der Waals surface area contributed by atoms with E-state index in [0.717, 1.165) is 25.8 Å². The third-order valence-corrected chi connectivity index (χ3v) is 11.2. The van der Waals surface area contributed by atoms with Crippen molar-refractivity contribution < 1.29 is 4.79 Å². The van der Waals surface area contributed by atoms with E-state index in [1.54, 1.807) is 5.57 Å². The fourth-order valence-corrected chi connectivity index (χ4v) is 7.52. The summed E-state index contributed by atoms with van der Waals surface area (Å²) in [5, 5.41) is 3.27. The normalized spacial score (nSPS) is 12.0. The predicted octanol–water partition coefficient (Wildman–Crippen LogP) is 15.8. The van der Waals surface area contributed by atoms with Crippen LogP contribution in [0.2, 0.25) is 0 Å². The topological polar surface area (TPSA) is 32.3 Å². The predicted molar refractivity (Wildman–Crippen MR) is 231 cm³/mol. The van der Waals surface area contributed by atoms with Crippen LogP contribution in [0.4, 0.5) is 0 Å². The fourth-order valence-electron chi connectivity index (χ4n) is 7.52. The molecule has 0 aromatic heterocycles. The summed E-state index contributed by atoms with van der Waals surface area (Å²) in [6.07, 6.45) is 51.8. The highest BCUT2D eigenvalue weighted by Crippen LogP contribution is 2.18. The van der Waals surface area contributed by atoms with Gasteiger partial charge in [-0.25, -0.2) is 0 Å². The minimum Gasteiger partial charge on any atom is -0.356 e. The Morgan fingerprint density at radius 3 is 1.16 bits per heavy atom. The van der Waals surface area contributed by atoms with Gasteiger partial charge in [-0.2, -0.15) is 0 Å². The Labute approximate surface area is 323 Å². The lowest BCUT2D eigenvalue weighted by Gasteiger charge is -2.23. The van der Waals surface area contributed by atoms with Crippen LogP contribution >= 0.6 is 0 Å². The number of nitrogens with one attached hydrogen (secondary N) is 1. The summed E-state index contributed by atoms with van der Waals surface area (Å²) in [6, 6.07) is 0. The zero-order valence-corrected chi connectivity index (χ0v) is 35.9. The average Bonchev–Trinajstić information content (AvgIpc) is 3.14. The molecule has 0 unspecified atom stereocenters.